The van der Waals surface area contributed by atoms with Crippen molar-refractivity contribution in [2.75, 3.05) is 0 Å². The van der Waals surface area contributed by atoms with E-state index in [1.807, 2.05) is 47.1 Å². The molecule has 0 bridgehead atoms. The van der Waals surface area contributed by atoms with E-state index >= 15 is 0 Å². The van der Waals surface area contributed by atoms with Gasteiger partial charge in [0.2, 0.25) is 0 Å². The van der Waals surface area contributed by atoms with E-state index in [1.165, 1.54) is 11.1 Å². The van der Waals surface area contributed by atoms with Gasteiger partial charge in [-0.25, -0.2) is 4.98 Å². The van der Waals surface area contributed by atoms with Crippen molar-refractivity contribution in [1.29, 1.82) is 0 Å². The summed E-state index contributed by atoms with van der Waals surface area (Å²) in [5.74, 6) is 0. The Balaban J connectivity index is 1.74. The topological polar surface area (TPSA) is 37.5 Å². The molecule has 4 rings (SSSR count). The zero-order chi connectivity index (χ0) is 15.6. The average molecular weight is 300 g/mol. The average Bonchev–Trinajstić information content (AvgIpc) is 3.07. The Morgan fingerprint density at radius 2 is 1.48 bits per heavy atom. The molecule has 112 valence electrons. The third-order valence-electron chi connectivity index (χ3n) is 4.02. The molecule has 2 heterocycles. The molecule has 2 aromatic heterocycles. The fourth-order valence-corrected chi connectivity index (χ4v) is 2.80. The smallest absolute Gasteiger partial charge is 0.142 e. The lowest BCUT2D eigenvalue weighted by molar-refractivity contribution is 0.282. The van der Waals surface area contributed by atoms with E-state index in [-0.39, 0.29) is 6.61 Å². The zero-order valence-corrected chi connectivity index (χ0v) is 12.6. The molecular weight excluding hydrogens is 284 g/mol. The van der Waals surface area contributed by atoms with Gasteiger partial charge in [0, 0.05) is 23.5 Å². The largest absolute Gasteiger partial charge is 0.392 e. The van der Waals surface area contributed by atoms with Crippen molar-refractivity contribution in [3.63, 3.8) is 0 Å². The summed E-state index contributed by atoms with van der Waals surface area (Å²) in [5.41, 5.74) is 6.00. The van der Waals surface area contributed by atoms with E-state index in [1.54, 1.807) is 0 Å². The number of aromatic nitrogens is 2. The second-order valence-electron chi connectivity index (χ2n) is 5.49. The predicted octanol–water partition coefficient (Wildman–Crippen LogP) is 4.16. The van der Waals surface area contributed by atoms with Crippen LogP contribution in [-0.4, -0.2) is 14.5 Å². The van der Waals surface area contributed by atoms with Crippen LogP contribution in [0.15, 0.2) is 79.1 Å². The molecule has 0 saturated carbocycles. The Bertz CT molecular complexity index is 940. The highest BCUT2D eigenvalue weighted by molar-refractivity contribution is 5.70. The first kappa shape index (κ1) is 13.7. The lowest BCUT2D eigenvalue weighted by Gasteiger charge is -2.02. The van der Waals surface area contributed by atoms with Gasteiger partial charge in [0.1, 0.15) is 5.65 Å². The Morgan fingerprint density at radius 3 is 2.22 bits per heavy atom. The van der Waals surface area contributed by atoms with E-state index in [0.717, 1.165) is 22.5 Å². The molecule has 0 aliphatic carbocycles. The van der Waals surface area contributed by atoms with Gasteiger partial charge in [0.25, 0.3) is 0 Å². The first-order valence-electron chi connectivity index (χ1n) is 7.58. The molecule has 2 aromatic carbocycles. The van der Waals surface area contributed by atoms with E-state index in [2.05, 4.69) is 41.4 Å². The van der Waals surface area contributed by atoms with Crippen LogP contribution in [0.25, 0.3) is 28.0 Å². The van der Waals surface area contributed by atoms with Crippen LogP contribution in [0.3, 0.4) is 0 Å². The van der Waals surface area contributed by atoms with Crippen LogP contribution >= 0.6 is 0 Å². The zero-order valence-electron chi connectivity index (χ0n) is 12.6. The third kappa shape index (κ3) is 2.51. The molecule has 23 heavy (non-hydrogen) atoms. The van der Waals surface area contributed by atoms with Crippen LogP contribution in [0.1, 0.15) is 5.56 Å². The molecule has 0 fully saturated rings. The predicted molar refractivity (Wildman–Crippen MR) is 92.0 cm³/mol. The summed E-state index contributed by atoms with van der Waals surface area (Å²) in [7, 11) is 0. The lowest BCUT2D eigenvalue weighted by atomic mass is 10.0. The molecule has 0 aliphatic rings. The second kappa shape index (κ2) is 5.71. The molecule has 1 N–H and O–H groups in total. The number of hydrogen-bond acceptors (Lipinski definition) is 2. The van der Waals surface area contributed by atoms with E-state index in [9.17, 15) is 5.11 Å². The number of imidazole rings is 1. The van der Waals surface area contributed by atoms with Crippen LogP contribution in [0.2, 0.25) is 0 Å². The lowest BCUT2D eigenvalue weighted by Crippen LogP contribution is -1.90. The number of aliphatic hydroxyl groups excluding tert-OH is 1. The van der Waals surface area contributed by atoms with Crippen molar-refractivity contribution in [3.8, 4) is 22.4 Å². The van der Waals surface area contributed by atoms with Crippen LogP contribution in [0, 0.1) is 0 Å². The van der Waals surface area contributed by atoms with Crippen LogP contribution in [-0.2, 0) is 6.61 Å². The molecule has 0 saturated heterocycles. The molecule has 0 spiro atoms. The summed E-state index contributed by atoms with van der Waals surface area (Å²) in [5, 5.41) is 9.42. The molecule has 0 aliphatic heterocycles. The summed E-state index contributed by atoms with van der Waals surface area (Å²) in [4.78, 5) is 4.66. The van der Waals surface area contributed by atoms with Gasteiger partial charge in [-0.15, -0.1) is 0 Å². The highest BCUT2D eigenvalue weighted by Gasteiger charge is 2.07. The minimum atomic E-state index is -0.00621. The van der Waals surface area contributed by atoms with Crippen molar-refractivity contribution < 1.29 is 5.11 Å². The van der Waals surface area contributed by atoms with Gasteiger partial charge in [0.15, 0.2) is 0 Å². The van der Waals surface area contributed by atoms with Gasteiger partial charge in [-0.3, -0.25) is 0 Å². The number of fused-ring (bicyclic) bond motifs is 1. The standard InChI is InChI=1S/C20H16N2O/c23-14-18-7-4-12-22-13-19(21-20(18)22)17-10-8-16(9-11-17)15-5-2-1-3-6-15/h1-13,23H,14H2. The van der Waals surface area contributed by atoms with Gasteiger partial charge in [0.05, 0.1) is 12.3 Å². The van der Waals surface area contributed by atoms with Crippen molar-refractivity contribution in [2.24, 2.45) is 0 Å². The summed E-state index contributed by atoms with van der Waals surface area (Å²) < 4.78 is 1.95. The molecular formula is C20H16N2O. The van der Waals surface area contributed by atoms with Gasteiger partial charge in [-0.1, -0.05) is 60.7 Å². The molecule has 3 nitrogen and oxygen atoms in total. The Kier molecular flexibility index (Phi) is 3.41. The van der Waals surface area contributed by atoms with E-state index in [0.29, 0.717) is 0 Å². The summed E-state index contributed by atoms with van der Waals surface area (Å²) in [6.07, 6.45) is 3.94. The number of pyridine rings is 1. The van der Waals surface area contributed by atoms with Gasteiger partial charge in [-0.05, 0) is 17.2 Å². The first-order valence-corrected chi connectivity index (χ1v) is 7.58. The number of aliphatic hydroxyl groups is 1. The van der Waals surface area contributed by atoms with Gasteiger partial charge < -0.3 is 9.51 Å². The van der Waals surface area contributed by atoms with Crippen LogP contribution in [0.4, 0.5) is 0 Å². The maximum absolute atomic E-state index is 9.42. The van der Waals surface area contributed by atoms with Crippen LogP contribution < -0.4 is 0 Å². The Hall–Kier alpha value is -2.91. The molecule has 0 radical (unpaired) electrons. The van der Waals surface area contributed by atoms with Gasteiger partial charge >= 0.3 is 0 Å². The quantitative estimate of drug-likeness (QED) is 0.617. The minimum absolute atomic E-state index is 0.00621. The minimum Gasteiger partial charge on any atom is -0.392 e. The maximum Gasteiger partial charge on any atom is 0.142 e. The number of benzene rings is 2. The number of rotatable bonds is 3. The van der Waals surface area contributed by atoms with Gasteiger partial charge in [-0.2, -0.15) is 0 Å². The molecule has 0 atom stereocenters. The van der Waals surface area contributed by atoms with Crippen molar-refractivity contribution in [3.05, 3.63) is 84.7 Å². The molecule has 0 unspecified atom stereocenters. The maximum atomic E-state index is 9.42. The SMILES string of the molecule is OCc1cccn2cc(-c3ccc(-c4ccccc4)cc3)nc12. The third-order valence-corrected chi connectivity index (χ3v) is 4.02. The fraction of sp³-hybridized carbons (Fsp3) is 0.0500. The highest BCUT2D eigenvalue weighted by Crippen LogP contribution is 2.25. The van der Waals surface area contributed by atoms with E-state index < -0.39 is 0 Å². The van der Waals surface area contributed by atoms with Crippen molar-refractivity contribution in [1.82, 2.24) is 9.38 Å². The first-order chi connectivity index (χ1) is 11.3. The molecule has 0 amide bonds. The number of nitrogens with zero attached hydrogens (tertiary/aromatic N) is 2. The summed E-state index contributed by atoms with van der Waals surface area (Å²) in [6.45, 7) is -0.00621. The normalized spacial score (nSPS) is 11.0. The summed E-state index contributed by atoms with van der Waals surface area (Å²) in [6, 6.07) is 22.5. The van der Waals surface area contributed by atoms with Crippen molar-refractivity contribution in [2.45, 2.75) is 6.61 Å². The Morgan fingerprint density at radius 1 is 0.783 bits per heavy atom. The molecule has 4 aromatic rings. The second-order valence-corrected chi connectivity index (χ2v) is 5.49. The highest BCUT2D eigenvalue weighted by atomic mass is 16.3. The monoisotopic (exact) mass is 300 g/mol. The Labute approximate surface area is 134 Å². The van der Waals surface area contributed by atoms with E-state index in [4.69, 9.17) is 0 Å². The summed E-state index contributed by atoms with van der Waals surface area (Å²) >= 11 is 0. The van der Waals surface area contributed by atoms with Crippen molar-refractivity contribution >= 4 is 5.65 Å². The number of hydrogen-bond donors (Lipinski definition) is 1. The fourth-order valence-electron chi connectivity index (χ4n) is 2.80. The molecule has 3 heteroatoms. The van der Waals surface area contributed by atoms with Crippen LogP contribution in [0.5, 0.6) is 0 Å².